The molecule has 0 bridgehead atoms. The van der Waals surface area contributed by atoms with Crippen molar-refractivity contribution < 1.29 is 5.11 Å². The standard InChI is InChI=1S/C19H20ClNO/c20-15-5-3-14(4-6-15)19(9-1-10-19)18-17-12-16(22)7-2-13(17)8-11-21-18/h2-7,12,18,21-22H,1,8-11H2. The van der Waals surface area contributed by atoms with Gasteiger partial charge in [-0.2, -0.15) is 0 Å². The highest BCUT2D eigenvalue weighted by molar-refractivity contribution is 6.30. The summed E-state index contributed by atoms with van der Waals surface area (Å²) in [6.45, 7) is 0.998. The number of halogens is 1. The van der Waals surface area contributed by atoms with Gasteiger partial charge in [0.15, 0.2) is 0 Å². The summed E-state index contributed by atoms with van der Waals surface area (Å²) in [4.78, 5) is 0. The van der Waals surface area contributed by atoms with Gasteiger partial charge in [-0.05, 0) is 66.8 Å². The van der Waals surface area contributed by atoms with Gasteiger partial charge in [-0.3, -0.25) is 0 Å². The number of benzene rings is 2. The molecule has 4 rings (SSSR count). The molecule has 1 fully saturated rings. The summed E-state index contributed by atoms with van der Waals surface area (Å²) >= 11 is 6.06. The number of nitrogens with one attached hydrogen (secondary N) is 1. The molecule has 2 nitrogen and oxygen atoms in total. The van der Waals surface area contributed by atoms with Gasteiger partial charge in [0.05, 0.1) is 0 Å². The Morgan fingerprint density at radius 2 is 1.86 bits per heavy atom. The largest absolute Gasteiger partial charge is 0.508 e. The maximum atomic E-state index is 9.92. The predicted octanol–water partition coefficient (Wildman–Crippen LogP) is 4.35. The minimum atomic E-state index is 0.132. The number of aromatic hydroxyl groups is 1. The Kier molecular flexibility index (Phi) is 3.39. The molecule has 2 aromatic carbocycles. The Morgan fingerprint density at radius 1 is 1.09 bits per heavy atom. The minimum Gasteiger partial charge on any atom is -0.508 e. The molecule has 2 aromatic rings. The molecule has 22 heavy (non-hydrogen) atoms. The van der Waals surface area contributed by atoms with Crippen LogP contribution in [0.15, 0.2) is 42.5 Å². The number of fused-ring (bicyclic) bond motifs is 1. The first-order valence-corrected chi connectivity index (χ1v) is 8.38. The first-order chi connectivity index (χ1) is 10.7. The molecule has 2 N–H and O–H groups in total. The van der Waals surface area contributed by atoms with Crippen molar-refractivity contribution in [2.24, 2.45) is 0 Å². The van der Waals surface area contributed by atoms with E-state index in [1.165, 1.54) is 36.0 Å². The van der Waals surface area contributed by atoms with Gasteiger partial charge in [0, 0.05) is 16.5 Å². The summed E-state index contributed by atoms with van der Waals surface area (Å²) in [6.07, 6.45) is 4.65. The summed E-state index contributed by atoms with van der Waals surface area (Å²) in [7, 11) is 0. The zero-order valence-corrected chi connectivity index (χ0v) is 13.2. The van der Waals surface area contributed by atoms with Crippen LogP contribution in [0.3, 0.4) is 0 Å². The van der Waals surface area contributed by atoms with Crippen molar-refractivity contribution in [2.45, 2.75) is 37.1 Å². The molecule has 3 heteroatoms. The lowest BCUT2D eigenvalue weighted by Gasteiger charge is -2.50. The van der Waals surface area contributed by atoms with E-state index in [0.29, 0.717) is 5.75 Å². The Bertz CT molecular complexity index is 691. The van der Waals surface area contributed by atoms with Gasteiger partial charge in [0.25, 0.3) is 0 Å². The van der Waals surface area contributed by atoms with Crippen LogP contribution in [0.1, 0.15) is 42.0 Å². The monoisotopic (exact) mass is 313 g/mol. The average molecular weight is 314 g/mol. The lowest BCUT2D eigenvalue weighted by atomic mass is 9.58. The third kappa shape index (κ3) is 2.13. The van der Waals surface area contributed by atoms with Crippen LogP contribution >= 0.6 is 11.6 Å². The average Bonchev–Trinajstić information content (AvgIpc) is 2.48. The van der Waals surface area contributed by atoms with Crippen molar-refractivity contribution in [3.05, 3.63) is 64.2 Å². The molecule has 0 amide bonds. The molecule has 0 saturated heterocycles. The van der Waals surface area contributed by atoms with Crippen LogP contribution < -0.4 is 5.32 Å². The molecule has 1 unspecified atom stereocenters. The van der Waals surface area contributed by atoms with E-state index >= 15 is 0 Å². The van der Waals surface area contributed by atoms with Crippen LogP contribution in [0, 0.1) is 0 Å². The lowest BCUT2D eigenvalue weighted by Crippen LogP contribution is -2.49. The van der Waals surface area contributed by atoms with Crippen molar-refractivity contribution in [3.8, 4) is 5.75 Å². The molecule has 1 heterocycles. The van der Waals surface area contributed by atoms with E-state index in [2.05, 4.69) is 23.5 Å². The first-order valence-electron chi connectivity index (χ1n) is 8.00. The molecule has 1 aliphatic carbocycles. The number of phenolic OH excluding ortho intramolecular Hbond substituents is 1. The predicted molar refractivity (Wildman–Crippen MR) is 89.5 cm³/mol. The molecule has 0 aromatic heterocycles. The summed E-state index contributed by atoms with van der Waals surface area (Å²) < 4.78 is 0. The van der Waals surface area contributed by atoms with Gasteiger partial charge in [0.1, 0.15) is 5.75 Å². The number of rotatable bonds is 2. The zero-order chi connectivity index (χ0) is 15.2. The van der Waals surface area contributed by atoms with E-state index in [-0.39, 0.29) is 11.5 Å². The second-order valence-electron chi connectivity index (χ2n) is 6.54. The molecule has 114 valence electrons. The topological polar surface area (TPSA) is 32.3 Å². The number of phenols is 1. The number of hydrogen-bond donors (Lipinski definition) is 2. The molecule has 1 aliphatic heterocycles. The van der Waals surface area contributed by atoms with E-state index in [1.807, 2.05) is 18.2 Å². The lowest BCUT2D eigenvalue weighted by molar-refractivity contribution is 0.164. The Morgan fingerprint density at radius 3 is 2.55 bits per heavy atom. The fraction of sp³-hybridized carbons (Fsp3) is 0.368. The third-order valence-electron chi connectivity index (χ3n) is 5.40. The summed E-state index contributed by atoms with van der Waals surface area (Å²) in [5.41, 5.74) is 4.12. The molecule has 1 atom stereocenters. The molecule has 0 radical (unpaired) electrons. The fourth-order valence-electron chi connectivity index (χ4n) is 4.12. The van der Waals surface area contributed by atoms with Crippen LogP contribution in [-0.2, 0) is 11.8 Å². The van der Waals surface area contributed by atoms with Crippen molar-refractivity contribution in [1.29, 1.82) is 0 Å². The van der Waals surface area contributed by atoms with E-state index < -0.39 is 0 Å². The second kappa shape index (κ2) is 5.29. The summed E-state index contributed by atoms with van der Waals surface area (Å²) in [5, 5.41) is 14.4. The van der Waals surface area contributed by atoms with Crippen molar-refractivity contribution in [2.75, 3.05) is 6.54 Å². The van der Waals surface area contributed by atoms with Crippen LogP contribution in [0.25, 0.3) is 0 Å². The van der Waals surface area contributed by atoms with Crippen LogP contribution in [-0.4, -0.2) is 11.7 Å². The zero-order valence-electron chi connectivity index (χ0n) is 12.5. The highest BCUT2D eigenvalue weighted by Gasteiger charge is 2.47. The number of hydrogen-bond acceptors (Lipinski definition) is 2. The molecule has 0 spiro atoms. The highest BCUT2D eigenvalue weighted by atomic mass is 35.5. The highest BCUT2D eigenvalue weighted by Crippen LogP contribution is 2.53. The van der Waals surface area contributed by atoms with Gasteiger partial charge in [-0.15, -0.1) is 0 Å². The van der Waals surface area contributed by atoms with Crippen LogP contribution in [0.4, 0.5) is 0 Å². The van der Waals surface area contributed by atoms with Gasteiger partial charge in [-0.1, -0.05) is 36.2 Å². The van der Waals surface area contributed by atoms with Crippen LogP contribution in [0.2, 0.25) is 5.02 Å². The maximum Gasteiger partial charge on any atom is 0.115 e. The van der Waals surface area contributed by atoms with Crippen molar-refractivity contribution in [1.82, 2.24) is 5.32 Å². The fourth-order valence-corrected chi connectivity index (χ4v) is 4.24. The van der Waals surface area contributed by atoms with E-state index in [4.69, 9.17) is 11.6 Å². The van der Waals surface area contributed by atoms with E-state index in [9.17, 15) is 5.11 Å². The van der Waals surface area contributed by atoms with E-state index in [0.717, 1.165) is 18.0 Å². The SMILES string of the molecule is Oc1ccc2c(c1)C(C1(c3ccc(Cl)cc3)CCC1)NCC2. The molecular formula is C19H20ClNO. The minimum absolute atomic E-state index is 0.132. The molecular weight excluding hydrogens is 294 g/mol. The Hall–Kier alpha value is -1.51. The Balaban J connectivity index is 1.80. The molecule has 1 saturated carbocycles. The quantitative estimate of drug-likeness (QED) is 0.863. The smallest absolute Gasteiger partial charge is 0.115 e. The maximum absolute atomic E-state index is 9.92. The van der Waals surface area contributed by atoms with Gasteiger partial charge in [-0.25, -0.2) is 0 Å². The summed E-state index contributed by atoms with van der Waals surface area (Å²) in [5.74, 6) is 0.359. The van der Waals surface area contributed by atoms with Crippen molar-refractivity contribution >= 4 is 11.6 Å². The summed E-state index contributed by atoms with van der Waals surface area (Å²) in [6, 6.07) is 14.4. The first kappa shape index (κ1) is 14.1. The normalized spacial score (nSPS) is 22.7. The van der Waals surface area contributed by atoms with Crippen LogP contribution in [0.5, 0.6) is 5.75 Å². The second-order valence-corrected chi connectivity index (χ2v) is 6.97. The van der Waals surface area contributed by atoms with Gasteiger partial charge < -0.3 is 10.4 Å². The third-order valence-corrected chi connectivity index (χ3v) is 5.65. The van der Waals surface area contributed by atoms with E-state index in [1.54, 1.807) is 6.07 Å². The van der Waals surface area contributed by atoms with Gasteiger partial charge in [0.2, 0.25) is 0 Å². The molecule has 2 aliphatic rings. The van der Waals surface area contributed by atoms with Crippen molar-refractivity contribution in [3.63, 3.8) is 0 Å². The Labute approximate surface area is 136 Å². The van der Waals surface area contributed by atoms with Gasteiger partial charge >= 0.3 is 0 Å².